The van der Waals surface area contributed by atoms with Crippen molar-refractivity contribution < 1.29 is 26.7 Å². The predicted octanol–water partition coefficient (Wildman–Crippen LogP) is 2.61. The highest BCUT2D eigenvalue weighted by molar-refractivity contribution is 5.89. The second-order valence-corrected chi connectivity index (χ2v) is 2.67. The lowest BCUT2D eigenvalue weighted by Crippen LogP contribution is -2.40. The number of carbonyl (C=O) groups excluding carboxylic acids is 1. The summed E-state index contributed by atoms with van der Waals surface area (Å²) in [5, 5.41) is 1.95. The van der Waals surface area contributed by atoms with Gasteiger partial charge in [-0.3, -0.25) is 0 Å². The summed E-state index contributed by atoms with van der Waals surface area (Å²) in [7, 11) is 0. The molecule has 8 heteroatoms. The van der Waals surface area contributed by atoms with Crippen LogP contribution >= 0.6 is 0 Å². The summed E-state index contributed by atoms with van der Waals surface area (Å²) in [5.41, 5.74) is -0.941. The van der Waals surface area contributed by atoms with Crippen LogP contribution in [-0.4, -0.2) is 12.3 Å². The summed E-state index contributed by atoms with van der Waals surface area (Å²) in [6, 6.07) is 0.840. The van der Waals surface area contributed by atoms with Crippen molar-refractivity contribution in [3.63, 3.8) is 0 Å². The smallest absolute Gasteiger partial charge is 0.303 e. The molecule has 0 fully saturated rings. The molecule has 0 saturated heterocycles. The maximum Gasteiger partial charge on any atom is 0.485 e. The van der Waals surface area contributed by atoms with E-state index in [1.54, 1.807) is 0 Å². The number of para-hydroxylation sites is 1. The quantitative estimate of drug-likeness (QED) is 0.575. The molecule has 0 atom stereocenters. The number of amides is 2. The van der Waals surface area contributed by atoms with Gasteiger partial charge in [0.2, 0.25) is 0 Å². The van der Waals surface area contributed by atoms with E-state index in [-0.39, 0.29) is 0 Å². The number of hydrogen-bond donors (Lipinski definition) is 2. The van der Waals surface area contributed by atoms with Crippen LogP contribution in [0, 0.1) is 11.6 Å². The summed E-state index contributed by atoms with van der Waals surface area (Å²) in [5.74, 6) is -2.34. The maximum absolute atomic E-state index is 12.9. The molecule has 0 aromatic heterocycles. The van der Waals surface area contributed by atoms with E-state index in [9.17, 15) is 26.7 Å². The third kappa shape index (κ3) is 3.37. The minimum absolute atomic E-state index is 0.539. The number of hydrogen-bond acceptors (Lipinski definition) is 1. The number of rotatable bonds is 1. The van der Waals surface area contributed by atoms with Gasteiger partial charge in [-0.15, -0.1) is 0 Å². The van der Waals surface area contributed by atoms with E-state index in [2.05, 4.69) is 0 Å². The fourth-order valence-corrected chi connectivity index (χ4v) is 0.891. The Morgan fingerprint density at radius 1 is 1.12 bits per heavy atom. The molecule has 16 heavy (non-hydrogen) atoms. The first-order chi connectivity index (χ1) is 7.29. The van der Waals surface area contributed by atoms with Crippen molar-refractivity contribution in [1.82, 2.24) is 5.32 Å². The Kier molecular flexibility index (Phi) is 3.31. The van der Waals surface area contributed by atoms with Gasteiger partial charge >= 0.3 is 12.3 Å². The molecule has 0 heterocycles. The second kappa shape index (κ2) is 4.33. The van der Waals surface area contributed by atoms with Crippen molar-refractivity contribution >= 4 is 11.7 Å². The summed E-state index contributed by atoms with van der Waals surface area (Å²) in [4.78, 5) is 10.7. The van der Waals surface area contributed by atoms with Crippen LogP contribution in [-0.2, 0) is 0 Å². The molecule has 0 spiro atoms. The largest absolute Gasteiger partial charge is 0.485 e. The van der Waals surface area contributed by atoms with E-state index < -0.39 is 29.7 Å². The van der Waals surface area contributed by atoms with Gasteiger partial charge in [-0.1, -0.05) is 6.07 Å². The van der Waals surface area contributed by atoms with E-state index >= 15 is 0 Å². The van der Waals surface area contributed by atoms with Crippen molar-refractivity contribution in [1.29, 1.82) is 0 Å². The van der Waals surface area contributed by atoms with Crippen molar-refractivity contribution in [2.75, 3.05) is 5.32 Å². The average molecular weight is 240 g/mol. The van der Waals surface area contributed by atoms with Gasteiger partial charge in [0.25, 0.3) is 0 Å². The highest BCUT2D eigenvalue weighted by atomic mass is 19.4. The van der Waals surface area contributed by atoms with Gasteiger partial charge in [0, 0.05) is 0 Å². The van der Waals surface area contributed by atoms with E-state index in [1.165, 1.54) is 5.32 Å². The summed E-state index contributed by atoms with van der Waals surface area (Å²) >= 11 is 0. The summed E-state index contributed by atoms with van der Waals surface area (Å²) < 4.78 is 60.7. The molecule has 1 rings (SSSR count). The normalized spacial score (nSPS) is 11.1. The number of anilines is 1. The molecule has 2 amide bonds. The van der Waals surface area contributed by atoms with Gasteiger partial charge < -0.3 is 5.32 Å². The molecule has 0 aliphatic carbocycles. The van der Waals surface area contributed by atoms with E-state index in [0.717, 1.165) is 18.2 Å². The molecule has 3 nitrogen and oxygen atoms in total. The third-order valence-corrected chi connectivity index (χ3v) is 1.46. The van der Waals surface area contributed by atoms with Gasteiger partial charge in [0.05, 0.1) is 0 Å². The Bertz CT molecular complexity index is 384. The number of alkyl halides is 3. The Morgan fingerprint density at radius 2 is 1.62 bits per heavy atom. The van der Waals surface area contributed by atoms with Crippen LogP contribution in [0.25, 0.3) is 0 Å². The number of urea groups is 1. The summed E-state index contributed by atoms with van der Waals surface area (Å²) in [6.45, 7) is 0. The lowest BCUT2D eigenvalue weighted by Gasteiger charge is -2.10. The van der Waals surface area contributed by atoms with Crippen molar-refractivity contribution in [3.05, 3.63) is 29.8 Å². The van der Waals surface area contributed by atoms with E-state index in [1.807, 2.05) is 0 Å². The topological polar surface area (TPSA) is 41.1 Å². The van der Waals surface area contributed by atoms with Crippen LogP contribution in [0.4, 0.5) is 32.4 Å². The van der Waals surface area contributed by atoms with Gasteiger partial charge in [-0.05, 0) is 12.1 Å². The standard InChI is InChI=1S/C8H5F5N2O/c9-4-2-1-3-5(10)6(4)14-7(16)15-8(11,12)13/h1-3H,(H2,14,15,16). The molecule has 88 valence electrons. The fourth-order valence-electron chi connectivity index (χ4n) is 0.891. The monoisotopic (exact) mass is 240 g/mol. The minimum atomic E-state index is -4.97. The lowest BCUT2D eigenvalue weighted by molar-refractivity contribution is -0.144. The number of carbonyl (C=O) groups is 1. The van der Waals surface area contributed by atoms with Gasteiger partial charge in [0.15, 0.2) is 0 Å². The van der Waals surface area contributed by atoms with Gasteiger partial charge in [-0.2, -0.15) is 13.2 Å². The number of nitrogens with one attached hydrogen (secondary N) is 2. The predicted molar refractivity (Wildman–Crippen MR) is 44.6 cm³/mol. The average Bonchev–Trinajstić information content (AvgIpc) is 2.08. The highest BCUT2D eigenvalue weighted by Crippen LogP contribution is 2.18. The van der Waals surface area contributed by atoms with Crippen molar-refractivity contribution in [3.8, 4) is 0 Å². The Hall–Kier alpha value is -1.86. The van der Waals surface area contributed by atoms with Crippen LogP contribution in [0.5, 0.6) is 0 Å². The van der Waals surface area contributed by atoms with Crippen LogP contribution in [0.3, 0.4) is 0 Å². The molecule has 1 aromatic rings. The molecule has 0 aliphatic rings. The zero-order valence-corrected chi connectivity index (χ0v) is 7.53. The first kappa shape index (κ1) is 12.2. The molecule has 0 unspecified atom stereocenters. The second-order valence-electron chi connectivity index (χ2n) is 2.67. The van der Waals surface area contributed by atoms with E-state index in [0.29, 0.717) is 5.32 Å². The van der Waals surface area contributed by atoms with Crippen LogP contribution in [0.15, 0.2) is 18.2 Å². The van der Waals surface area contributed by atoms with Gasteiger partial charge in [-0.25, -0.2) is 18.9 Å². The SMILES string of the molecule is O=C(Nc1c(F)cccc1F)NC(F)(F)F. The molecule has 0 bridgehead atoms. The lowest BCUT2D eigenvalue weighted by atomic mass is 10.3. The molecule has 0 aliphatic heterocycles. The molecular formula is C8H5F5N2O. The molecular weight excluding hydrogens is 235 g/mol. The molecule has 0 radical (unpaired) electrons. The Balaban J connectivity index is 2.78. The third-order valence-electron chi connectivity index (χ3n) is 1.46. The Morgan fingerprint density at radius 3 is 2.06 bits per heavy atom. The molecule has 0 saturated carbocycles. The van der Waals surface area contributed by atoms with E-state index in [4.69, 9.17) is 0 Å². The van der Waals surface area contributed by atoms with Crippen molar-refractivity contribution in [2.24, 2.45) is 0 Å². The fraction of sp³-hybridized carbons (Fsp3) is 0.125. The van der Waals surface area contributed by atoms with Gasteiger partial charge in [0.1, 0.15) is 17.3 Å². The molecule has 2 N–H and O–H groups in total. The molecule has 1 aromatic carbocycles. The summed E-state index contributed by atoms with van der Waals surface area (Å²) in [6.07, 6.45) is -4.97. The minimum Gasteiger partial charge on any atom is -0.303 e. The van der Waals surface area contributed by atoms with Crippen LogP contribution in [0.1, 0.15) is 0 Å². The first-order valence-electron chi connectivity index (χ1n) is 3.89. The number of benzene rings is 1. The first-order valence-corrected chi connectivity index (χ1v) is 3.89. The zero-order valence-electron chi connectivity index (χ0n) is 7.53. The van der Waals surface area contributed by atoms with Crippen LogP contribution < -0.4 is 10.6 Å². The Labute approximate surface area is 86.3 Å². The van der Waals surface area contributed by atoms with Crippen LogP contribution in [0.2, 0.25) is 0 Å². The number of halogens is 5. The maximum atomic E-state index is 12.9. The zero-order chi connectivity index (χ0) is 12.3. The van der Waals surface area contributed by atoms with Crippen molar-refractivity contribution in [2.45, 2.75) is 6.30 Å². The highest BCUT2D eigenvalue weighted by Gasteiger charge is 2.30.